The Labute approximate surface area is 134 Å². The van der Waals surface area contributed by atoms with Crippen molar-refractivity contribution in [2.75, 3.05) is 6.54 Å². The van der Waals surface area contributed by atoms with Crippen LogP contribution >= 0.6 is 0 Å². The molecule has 1 aliphatic rings. The van der Waals surface area contributed by atoms with Gasteiger partial charge in [-0.2, -0.15) is 13.2 Å². The summed E-state index contributed by atoms with van der Waals surface area (Å²) >= 11 is 0. The summed E-state index contributed by atoms with van der Waals surface area (Å²) in [5, 5.41) is 19.1. The third kappa shape index (κ3) is 3.21. The highest BCUT2D eigenvalue weighted by Gasteiger charge is 2.36. The van der Waals surface area contributed by atoms with Crippen LogP contribution in [0.5, 0.6) is 11.5 Å². The van der Waals surface area contributed by atoms with Gasteiger partial charge in [0.05, 0.1) is 5.69 Å². The first kappa shape index (κ1) is 16.3. The zero-order valence-corrected chi connectivity index (χ0v) is 12.4. The van der Waals surface area contributed by atoms with Gasteiger partial charge < -0.3 is 15.2 Å². The first-order valence-electron chi connectivity index (χ1n) is 7.16. The minimum atomic E-state index is -4.72. The molecular formula is C15H14F3N3O3. The summed E-state index contributed by atoms with van der Waals surface area (Å²) in [6, 6.07) is 4.14. The van der Waals surface area contributed by atoms with E-state index >= 15 is 0 Å². The summed E-state index contributed by atoms with van der Waals surface area (Å²) in [5.74, 6) is -1.49. The highest BCUT2D eigenvalue weighted by molar-refractivity contribution is 5.39. The fourth-order valence-corrected chi connectivity index (χ4v) is 2.69. The van der Waals surface area contributed by atoms with Crippen molar-refractivity contribution in [1.82, 2.24) is 14.9 Å². The summed E-state index contributed by atoms with van der Waals surface area (Å²) < 4.78 is 38.3. The van der Waals surface area contributed by atoms with E-state index in [1.807, 2.05) is 0 Å². The molecule has 0 unspecified atom stereocenters. The van der Waals surface area contributed by atoms with E-state index in [4.69, 9.17) is 0 Å². The Kier molecular flexibility index (Phi) is 3.96. The minimum absolute atomic E-state index is 0.0721. The van der Waals surface area contributed by atoms with Gasteiger partial charge in [-0.05, 0) is 12.5 Å². The maximum absolute atomic E-state index is 12.8. The minimum Gasteiger partial charge on any atom is -0.508 e. The number of hydrogen-bond donors (Lipinski definition) is 3. The van der Waals surface area contributed by atoms with Crippen LogP contribution in [0.4, 0.5) is 13.2 Å². The van der Waals surface area contributed by atoms with Crippen LogP contribution in [0.3, 0.4) is 0 Å². The van der Waals surface area contributed by atoms with Crippen molar-refractivity contribution in [1.29, 1.82) is 0 Å². The fourth-order valence-electron chi connectivity index (χ4n) is 2.69. The summed E-state index contributed by atoms with van der Waals surface area (Å²) in [5.41, 5.74) is 0.112. The van der Waals surface area contributed by atoms with Gasteiger partial charge in [-0.15, -0.1) is 0 Å². The van der Waals surface area contributed by atoms with Crippen molar-refractivity contribution in [2.24, 2.45) is 0 Å². The molecule has 6 nitrogen and oxygen atoms in total. The van der Waals surface area contributed by atoms with Crippen LogP contribution in [0, 0.1) is 0 Å². The van der Waals surface area contributed by atoms with Crippen molar-refractivity contribution in [3.63, 3.8) is 0 Å². The van der Waals surface area contributed by atoms with Crippen molar-refractivity contribution in [3.05, 3.63) is 51.2 Å². The normalized spacial score (nSPS) is 15.3. The van der Waals surface area contributed by atoms with E-state index in [2.05, 4.69) is 4.98 Å². The van der Waals surface area contributed by atoms with Gasteiger partial charge in [0.1, 0.15) is 11.5 Å². The summed E-state index contributed by atoms with van der Waals surface area (Å²) in [4.78, 5) is 18.9. The Morgan fingerprint density at radius 1 is 1.29 bits per heavy atom. The van der Waals surface area contributed by atoms with E-state index in [0.717, 1.165) is 0 Å². The quantitative estimate of drug-likeness (QED) is 0.774. The van der Waals surface area contributed by atoms with Crippen LogP contribution in [-0.2, 0) is 25.7 Å². The molecular weight excluding hydrogens is 327 g/mol. The Morgan fingerprint density at radius 2 is 2.04 bits per heavy atom. The lowest BCUT2D eigenvalue weighted by Crippen LogP contribution is -2.36. The largest absolute Gasteiger partial charge is 0.508 e. The molecule has 0 aliphatic carbocycles. The molecule has 0 saturated carbocycles. The van der Waals surface area contributed by atoms with Crippen LogP contribution in [-0.4, -0.2) is 31.6 Å². The Balaban J connectivity index is 1.86. The lowest BCUT2D eigenvalue weighted by atomic mass is 10.1. The molecule has 0 atom stereocenters. The zero-order valence-electron chi connectivity index (χ0n) is 12.4. The Morgan fingerprint density at radius 3 is 2.71 bits per heavy atom. The second kappa shape index (κ2) is 5.82. The third-order valence-corrected chi connectivity index (χ3v) is 3.88. The number of fused-ring (bicyclic) bond motifs is 1. The summed E-state index contributed by atoms with van der Waals surface area (Å²) in [6.07, 6.45) is -4.44. The molecule has 0 amide bonds. The monoisotopic (exact) mass is 341 g/mol. The number of phenols is 2. The summed E-state index contributed by atoms with van der Waals surface area (Å²) in [7, 11) is 0. The van der Waals surface area contributed by atoms with E-state index in [1.165, 1.54) is 18.2 Å². The second-order valence-corrected chi connectivity index (χ2v) is 5.61. The van der Waals surface area contributed by atoms with E-state index in [1.54, 1.807) is 9.88 Å². The van der Waals surface area contributed by atoms with Crippen molar-refractivity contribution in [3.8, 4) is 11.5 Å². The van der Waals surface area contributed by atoms with E-state index in [-0.39, 0.29) is 42.3 Å². The number of aromatic hydroxyl groups is 2. The van der Waals surface area contributed by atoms with Crippen LogP contribution in [0.1, 0.15) is 22.6 Å². The van der Waals surface area contributed by atoms with Gasteiger partial charge in [-0.25, -0.2) is 4.98 Å². The SMILES string of the molecule is O=c1[nH]c(C(F)(F)F)nc2c1CCN(Cc1ccc(O)cc1O)C2. The molecule has 1 aliphatic heterocycles. The highest BCUT2D eigenvalue weighted by Crippen LogP contribution is 2.28. The number of halogens is 3. The van der Waals surface area contributed by atoms with Crippen molar-refractivity contribution in [2.45, 2.75) is 25.7 Å². The maximum Gasteiger partial charge on any atom is 0.449 e. The molecule has 0 spiro atoms. The van der Waals surface area contributed by atoms with Crippen molar-refractivity contribution >= 4 is 0 Å². The molecule has 3 rings (SSSR count). The fraction of sp³-hybridized carbons (Fsp3) is 0.333. The Bertz CT molecular complexity index is 833. The van der Waals surface area contributed by atoms with Crippen molar-refractivity contribution < 1.29 is 23.4 Å². The van der Waals surface area contributed by atoms with E-state index < -0.39 is 17.6 Å². The van der Waals surface area contributed by atoms with Crippen LogP contribution < -0.4 is 5.56 Å². The van der Waals surface area contributed by atoms with Gasteiger partial charge >= 0.3 is 6.18 Å². The van der Waals surface area contributed by atoms with Gasteiger partial charge in [0, 0.05) is 36.8 Å². The lowest BCUT2D eigenvalue weighted by molar-refractivity contribution is -0.145. The average Bonchev–Trinajstić information content (AvgIpc) is 2.49. The van der Waals surface area contributed by atoms with E-state index in [0.29, 0.717) is 12.1 Å². The van der Waals surface area contributed by atoms with Crippen LogP contribution in [0.2, 0.25) is 0 Å². The smallest absolute Gasteiger partial charge is 0.449 e. The molecule has 24 heavy (non-hydrogen) atoms. The van der Waals surface area contributed by atoms with Gasteiger partial charge in [0.25, 0.3) is 5.56 Å². The maximum atomic E-state index is 12.8. The first-order valence-corrected chi connectivity index (χ1v) is 7.16. The molecule has 0 radical (unpaired) electrons. The number of phenolic OH excluding ortho intramolecular Hbond substituents is 2. The highest BCUT2D eigenvalue weighted by atomic mass is 19.4. The number of nitrogens with zero attached hydrogens (tertiary/aromatic N) is 2. The van der Waals surface area contributed by atoms with Crippen LogP contribution in [0.15, 0.2) is 23.0 Å². The molecule has 2 aromatic rings. The molecule has 0 saturated heterocycles. The second-order valence-electron chi connectivity index (χ2n) is 5.61. The van der Waals surface area contributed by atoms with Gasteiger partial charge in [-0.3, -0.25) is 9.69 Å². The molecule has 128 valence electrons. The molecule has 1 aromatic carbocycles. The number of hydrogen-bond acceptors (Lipinski definition) is 5. The van der Waals surface area contributed by atoms with Crippen LogP contribution in [0.25, 0.3) is 0 Å². The summed E-state index contributed by atoms with van der Waals surface area (Å²) in [6.45, 7) is 0.785. The molecule has 2 heterocycles. The standard InChI is InChI=1S/C15H14F3N3O3/c16-15(17,18)14-19-11-7-21(4-3-10(11)13(24)20-14)6-8-1-2-9(22)5-12(8)23/h1-2,5,22-23H,3-4,6-7H2,(H,19,20,24). The zero-order chi connectivity index (χ0) is 17.5. The van der Waals surface area contributed by atoms with Gasteiger partial charge in [-0.1, -0.05) is 6.07 Å². The molecule has 0 fully saturated rings. The number of alkyl halides is 3. The molecule has 3 N–H and O–H groups in total. The lowest BCUT2D eigenvalue weighted by Gasteiger charge is -2.28. The van der Waals surface area contributed by atoms with Gasteiger partial charge in [0.15, 0.2) is 0 Å². The predicted molar refractivity (Wildman–Crippen MR) is 77.4 cm³/mol. The molecule has 1 aromatic heterocycles. The molecule has 0 bridgehead atoms. The first-order chi connectivity index (χ1) is 11.2. The number of rotatable bonds is 2. The predicted octanol–water partition coefficient (Wildman–Crippen LogP) is 1.76. The Hall–Kier alpha value is -2.55. The van der Waals surface area contributed by atoms with Gasteiger partial charge in [0.2, 0.25) is 5.82 Å². The average molecular weight is 341 g/mol. The topological polar surface area (TPSA) is 89.5 Å². The number of aromatic nitrogens is 2. The number of H-pyrrole nitrogens is 1. The number of aromatic amines is 1. The number of benzene rings is 1. The molecule has 9 heteroatoms. The van der Waals surface area contributed by atoms with E-state index in [9.17, 15) is 28.2 Å². The number of nitrogens with one attached hydrogen (secondary N) is 1. The third-order valence-electron chi connectivity index (χ3n) is 3.88.